The molecule has 132 valence electrons. The van der Waals surface area contributed by atoms with E-state index in [0.29, 0.717) is 12.0 Å². The molecular weight excluding hydrogens is 300 g/mol. The van der Waals surface area contributed by atoms with Crippen LogP contribution in [0.15, 0.2) is 6.33 Å². The fourth-order valence-corrected chi connectivity index (χ4v) is 3.89. The molecule has 0 saturated carbocycles. The molecule has 6 nitrogen and oxygen atoms in total. The summed E-state index contributed by atoms with van der Waals surface area (Å²) in [7, 11) is 0. The van der Waals surface area contributed by atoms with Gasteiger partial charge >= 0.3 is 0 Å². The maximum Gasteiger partial charge on any atom is 0.137 e. The first-order valence-electron chi connectivity index (χ1n) is 9.15. The summed E-state index contributed by atoms with van der Waals surface area (Å²) >= 11 is 0. The smallest absolute Gasteiger partial charge is 0.137 e. The van der Waals surface area contributed by atoms with Gasteiger partial charge in [0.05, 0.1) is 5.69 Å². The Morgan fingerprint density at radius 2 is 2.08 bits per heavy atom. The lowest BCUT2D eigenvalue weighted by Crippen LogP contribution is -2.35. The number of hydrogen-bond donors (Lipinski definition) is 0. The van der Waals surface area contributed by atoms with Crippen LogP contribution in [0.4, 0.5) is 0 Å². The van der Waals surface area contributed by atoms with Crippen LogP contribution in [0.2, 0.25) is 0 Å². The highest BCUT2D eigenvalue weighted by Crippen LogP contribution is 2.28. The Morgan fingerprint density at radius 3 is 2.75 bits per heavy atom. The average Bonchev–Trinajstić information content (AvgIpc) is 3.15. The minimum atomic E-state index is 0.412. The van der Waals surface area contributed by atoms with Gasteiger partial charge in [-0.1, -0.05) is 0 Å². The lowest BCUT2D eigenvalue weighted by molar-refractivity contribution is 0.194. The molecule has 1 saturated heterocycles. The molecule has 0 amide bonds. The minimum Gasteiger partial charge on any atom is -0.318 e. The van der Waals surface area contributed by atoms with Crippen LogP contribution in [0.3, 0.4) is 0 Å². The van der Waals surface area contributed by atoms with Gasteiger partial charge in [-0.25, -0.2) is 0 Å². The number of likely N-dealkylation sites (tertiary alicyclic amines) is 1. The van der Waals surface area contributed by atoms with Crippen LogP contribution in [0.5, 0.6) is 0 Å². The molecule has 0 aliphatic carbocycles. The van der Waals surface area contributed by atoms with Gasteiger partial charge in [-0.3, -0.25) is 9.58 Å². The maximum atomic E-state index is 4.74. The Labute approximate surface area is 144 Å². The zero-order valence-corrected chi connectivity index (χ0v) is 15.7. The summed E-state index contributed by atoms with van der Waals surface area (Å²) in [5.41, 5.74) is 3.86. The highest BCUT2D eigenvalue weighted by Gasteiger charge is 2.26. The van der Waals surface area contributed by atoms with Crippen LogP contribution in [0.25, 0.3) is 0 Å². The molecule has 0 bridgehead atoms. The van der Waals surface area contributed by atoms with E-state index in [9.17, 15) is 0 Å². The van der Waals surface area contributed by atoms with E-state index in [-0.39, 0.29) is 0 Å². The molecule has 1 atom stereocenters. The van der Waals surface area contributed by atoms with E-state index in [4.69, 9.17) is 5.10 Å². The van der Waals surface area contributed by atoms with E-state index in [1.54, 1.807) is 0 Å². The molecule has 1 aliphatic rings. The summed E-state index contributed by atoms with van der Waals surface area (Å²) in [6.45, 7) is 15.0. The Balaban J connectivity index is 1.74. The minimum absolute atomic E-state index is 0.412. The molecular formula is C18H30N6. The molecule has 1 aliphatic heterocycles. The normalized spacial score (nSPS) is 19.3. The Morgan fingerprint density at radius 1 is 1.29 bits per heavy atom. The van der Waals surface area contributed by atoms with Gasteiger partial charge in [0.1, 0.15) is 12.2 Å². The van der Waals surface area contributed by atoms with Crippen molar-refractivity contribution < 1.29 is 0 Å². The Hall–Kier alpha value is -1.69. The summed E-state index contributed by atoms with van der Waals surface area (Å²) in [6, 6.07) is 0.412. The zero-order chi connectivity index (χ0) is 17.3. The van der Waals surface area contributed by atoms with E-state index in [0.717, 1.165) is 32.0 Å². The predicted octanol–water partition coefficient (Wildman–Crippen LogP) is 3.07. The van der Waals surface area contributed by atoms with E-state index < -0.39 is 0 Å². The maximum absolute atomic E-state index is 4.74. The Bertz CT molecular complexity index is 684. The van der Waals surface area contributed by atoms with Crippen molar-refractivity contribution in [2.45, 2.75) is 72.5 Å². The van der Waals surface area contributed by atoms with Crippen LogP contribution in [-0.2, 0) is 13.1 Å². The fourth-order valence-electron chi connectivity index (χ4n) is 3.89. The second-order valence-electron chi connectivity index (χ2n) is 7.24. The number of aryl methyl sites for hydroxylation is 2. The third-order valence-electron chi connectivity index (χ3n) is 5.20. The van der Waals surface area contributed by atoms with Gasteiger partial charge in [0.2, 0.25) is 0 Å². The van der Waals surface area contributed by atoms with Crippen molar-refractivity contribution >= 4 is 0 Å². The van der Waals surface area contributed by atoms with Crippen molar-refractivity contribution in [3.63, 3.8) is 0 Å². The third-order valence-corrected chi connectivity index (χ3v) is 5.20. The highest BCUT2D eigenvalue weighted by atomic mass is 15.3. The van der Waals surface area contributed by atoms with Crippen molar-refractivity contribution in [1.29, 1.82) is 0 Å². The molecule has 0 radical (unpaired) electrons. The van der Waals surface area contributed by atoms with Gasteiger partial charge in [0, 0.05) is 42.9 Å². The Kier molecular flexibility index (Phi) is 5.04. The summed E-state index contributed by atoms with van der Waals surface area (Å²) in [6.07, 6.45) is 4.28. The standard InChI is InChI=1S/C18H30N6/c1-6-23-12-19-20-18(23)16-8-7-9-22(10-16)11-17-14(4)21-24(13(2)3)15(17)5/h12-13,16H,6-11H2,1-5H3. The number of nitrogens with zero attached hydrogens (tertiary/aromatic N) is 6. The first-order chi connectivity index (χ1) is 11.5. The van der Waals surface area contributed by atoms with E-state index >= 15 is 0 Å². The average molecular weight is 330 g/mol. The predicted molar refractivity (Wildman–Crippen MR) is 95.0 cm³/mol. The molecule has 0 N–H and O–H groups in total. The van der Waals surface area contributed by atoms with Gasteiger partial charge < -0.3 is 4.57 Å². The molecule has 2 aromatic heterocycles. The number of rotatable bonds is 5. The van der Waals surface area contributed by atoms with Gasteiger partial charge in [0.15, 0.2) is 0 Å². The number of aromatic nitrogens is 5. The topological polar surface area (TPSA) is 51.8 Å². The van der Waals surface area contributed by atoms with Crippen LogP contribution < -0.4 is 0 Å². The van der Waals surface area contributed by atoms with Crippen molar-refractivity contribution in [3.8, 4) is 0 Å². The summed E-state index contributed by atoms with van der Waals surface area (Å²) in [5, 5.41) is 13.2. The highest BCUT2D eigenvalue weighted by molar-refractivity contribution is 5.25. The molecule has 0 aromatic carbocycles. The lowest BCUT2D eigenvalue weighted by atomic mass is 9.96. The lowest BCUT2D eigenvalue weighted by Gasteiger charge is -2.32. The third kappa shape index (κ3) is 3.24. The molecule has 0 spiro atoms. The summed E-state index contributed by atoms with van der Waals surface area (Å²) < 4.78 is 4.33. The molecule has 1 unspecified atom stereocenters. The molecule has 1 fully saturated rings. The van der Waals surface area contributed by atoms with Crippen molar-refractivity contribution in [1.82, 2.24) is 29.4 Å². The zero-order valence-electron chi connectivity index (χ0n) is 15.7. The monoisotopic (exact) mass is 330 g/mol. The molecule has 6 heteroatoms. The first kappa shape index (κ1) is 17.1. The van der Waals surface area contributed by atoms with Crippen LogP contribution in [0, 0.1) is 13.8 Å². The molecule has 3 heterocycles. The van der Waals surface area contributed by atoms with E-state index in [2.05, 4.69) is 59.0 Å². The van der Waals surface area contributed by atoms with Gasteiger partial charge in [-0.05, 0) is 54.0 Å². The van der Waals surface area contributed by atoms with Crippen molar-refractivity contribution in [2.24, 2.45) is 0 Å². The largest absolute Gasteiger partial charge is 0.318 e. The molecule has 2 aromatic rings. The SMILES string of the molecule is CCn1cnnc1C1CCCN(Cc2c(C)nn(C(C)C)c2C)C1. The van der Waals surface area contributed by atoms with Crippen LogP contribution >= 0.6 is 0 Å². The molecule has 3 rings (SSSR count). The second kappa shape index (κ2) is 7.05. The van der Waals surface area contributed by atoms with Crippen molar-refractivity contribution in [3.05, 3.63) is 29.1 Å². The van der Waals surface area contributed by atoms with Crippen LogP contribution in [0.1, 0.15) is 68.3 Å². The quantitative estimate of drug-likeness (QED) is 0.845. The van der Waals surface area contributed by atoms with Crippen molar-refractivity contribution in [2.75, 3.05) is 13.1 Å². The molecule has 24 heavy (non-hydrogen) atoms. The fraction of sp³-hybridized carbons (Fsp3) is 0.722. The number of piperidine rings is 1. The van der Waals surface area contributed by atoms with Gasteiger partial charge in [0.25, 0.3) is 0 Å². The van der Waals surface area contributed by atoms with Gasteiger partial charge in [-0.15, -0.1) is 10.2 Å². The first-order valence-corrected chi connectivity index (χ1v) is 9.15. The number of hydrogen-bond acceptors (Lipinski definition) is 4. The van der Waals surface area contributed by atoms with E-state index in [1.165, 1.54) is 29.8 Å². The van der Waals surface area contributed by atoms with Crippen LogP contribution in [-0.4, -0.2) is 42.5 Å². The van der Waals surface area contributed by atoms with Gasteiger partial charge in [-0.2, -0.15) is 5.10 Å². The summed E-state index contributed by atoms with van der Waals surface area (Å²) in [5.74, 6) is 1.63. The second-order valence-corrected chi connectivity index (χ2v) is 7.24. The van der Waals surface area contributed by atoms with E-state index in [1.807, 2.05) is 6.33 Å². The summed E-state index contributed by atoms with van der Waals surface area (Å²) in [4.78, 5) is 2.56.